The number of hydrogen-bond donors (Lipinski definition) is 1. The second-order valence-electron chi connectivity index (χ2n) is 9.64. The van der Waals surface area contributed by atoms with Gasteiger partial charge in [0.2, 0.25) is 11.8 Å². The highest BCUT2D eigenvalue weighted by Crippen LogP contribution is 2.30. The molecule has 2 amide bonds. The molecule has 0 aliphatic carbocycles. The molecule has 0 spiro atoms. The Labute approximate surface area is 247 Å². The highest BCUT2D eigenvalue weighted by atomic mass is 35.5. The molecule has 3 aromatic rings. The Kier molecular flexibility index (Phi) is 11.0. The molecule has 1 N–H and O–H groups in total. The van der Waals surface area contributed by atoms with Crippen LogP contribution in [0.5, 0.6) is 0 Å². The lowest BCUT2D eigenvalue weighted by atomic mass is 10.1. The number of rotatable bonds is 12. The summed E-state index contributed by atoms with van der Waals surface area (Å²) in [5, 5.41) is 3.42. The van der Waals surface area contributed by atoms with Gasteiger partial charge in [-0.3, -0.25) is 13.9 Å². The summed E-state index contributed by atoms with van der Waals surface area (Å²) in [6, 6.07) is 18.9. The van der Waals surface area contributed by atoms with Crippen molar-refractivity contribution in [1.82, 2.24) is 10.2 Å². The first kappa shape index (κ1) is 31.5. The van der Waals surface area contributed by atoms with E-state index >= 15 is 0 Å². The maximum absolute atomic E-state index is 14.1. The molecule has 0 bridgehead atoms. The van der Waals surface area contributed by atoms with E-state index in [1.165, 1.54) is 35.2 Å². The average molecular weight is 605 g/mol. The number of aryl methyl sites for hydroxylation is 1. The quantitative estimate of drug-likeness (QED) is 0.266. The summed E-state index contributed by atoms with van der Waals surface area (Å²) in [5.74, 6) is -0.827. The highest BCUT2D eigenvalue weighted by Gasteiger charge is 2.34. The van der Waals surface area contributed by atoms with Crippen molar-refractivity contribution in [2.24, 2.45) is 0 Å². The Morgan fingerprint density at radius 1 is 0.900 bits per heavy atom. The summed E-state index contributed by atoms with van der Waals surface area (Å²) in [5.41, 5.74) is 1.95. The van der Waals surface area contributed by atoms with Gasteiger partial charge in [-0.25, -0.2) is 8.42 Å². The predicted octanol–water partition coefficient (Wildman–Crippen LogP) is 6.22. The summed E-state index contributed by atoms with van der Waals surface area (Å²) in [6.45, 7) is 7.19. The van der Waals surface area contributed by atoms with E-state index in [4.69, 9.17) is 23.2 Å². The molecule has 3 rings (SSSR count). The fourth-order valence-corrected chi connectivity index (χ4v) is 6.20. The Hall–Kier alpha value is -3.07. The number of benzene rings is 3. The number of carbonyl (C=O) groups is 2. The zero-order valence-electron chi connectivity index (χ0n) is 23.1. The number of nitrogens with one attached hydrogen (secondary N) is 1. The third-order valence-corrected chi connectivity index (χ3v) is 8.96. The van der Waals surface area contributed by atoms with Crippen LogP contribution in [0.25, 0.3) is 0 Å². The van der Waals surface area contributed by atoms with Gasteiger partial charge in [0.15, 0.2) is 0 Å². The summed E-state index contributed by atoms with van der Waals surface area (Å²) in [6.07, 6.45) is 1.07. The Bertz CT molecular complexity index is 1410. The number of anilines is 1. The summed E-state index contributed by atoms with van der Waals surface area (Å²) in [7, 11) is -4.20. The van der Waals surface area contributed by atoms with Crippen molar-refractivity contribution in [3.8, 4) is 0 Å². The van der Waals surface area contributed by atoms with E-state index in [1.54, 1.807) is 18.2 Å². The molecule has 0 saturated heterocycles. The lowest BCUT2D eigenvalue weighted by Crippen LogP contribution is -2.53. The molecule has 214 valence electrons. The van der Waals surface area contributed by atoms with Gasteiger partial charge in [0, 0.05) is 22.6 Å². The van der Waals surface area contributed by atoms with E-state index < -0.39 is 28.5 Å². The van der Waals surface area contributed by atoms with Gasteiger partial charge in [0.05, 0.1) is 10.6 Å². The minimum atomic E-state index is -4.20. The van der Waals surface area contributed by atoms with Crippen molar-refractivity contribution < 1.29 is 18.0 Å². The lowest BCUT2D eigenvalue weighted by molar-refractivity contribution is -0.140. The molecule has 0 saturated carbocycles. The summed E-state index contributed by atoms with van der Waals surface area (Å²) >= 11 is 12.5. The Morgan fingerprint density at radius 3 is 2.08 bits per heavy atom. The van der Waals surface area contributed by atoms with Crippen LogP contribution in [0, 0.1) is 6.92 Å². The molecule has 0 aliphatic rings. The van der Waals surface area contributed by atoms with E-state index in [-0.39, 0.29) is 39.1 Å². The first-order chi connectivity index (χ1) is 19.0. The molecule has 0 heterocycles. The Balaban J connectivity index is 2.09. The molecule has 10 heteroatoms. The van der Waals surface area contributed by atoms with Crippen molar-refractivity contribution in [3.05, 3.63) is 94.0 Å². The number of hydrogen-bond acceptors (Lipinski definition) is 4. The van der Waals surface area contributed by atoms with Crippen LogP contribution in [0.15, 0.2) is 77.7 Å². The van der Waals surface area contributed by atoms with E-state index in [0.717, 1.165) is 21.9 Å². The number of amides is 2. The SMILES string of the molecule is CC[C@@H](C)NC(=O)[C@H](CC)N(Cc1ccccc1C)C(=O)CN(c1cc(Cl)cc(Cl)c1)S(=O)(=O)c1ccccc1. The number of sulfonamides is 1. The molecule has 0 radical (unpaired) electrons. The molecule has 0 aromatic heterocycles. The minimum absolute atomic E-state index is 0.00547. The third-order valence-electron chi connectivity index (χ3n) is 6.73. The molecular formula is C30H35Cl2N3O4S. The summed E-state index contributed by atoms with van der Waals surface area (Å²) < 4.78 is 28.7. The van der Waals surface area contributed by atoms with Crippen molar-refractivity contribution in [1.29, 1.82) is 0 Å². The number of nitrogens with zero attached hydrogens (tertiary/aromatic N) is 2. The minimum Gasteiger partial charge on any atom is -0.352 e. The fourth-order valence-electron chi connectivity index (χ4n) is 4.26. The predicted molar refractivity (Wildman–Crippen MR) is 161 cm³/mol. The second kappa shape index (κ2) is 14.0. The zero-order chi connectivity index (χ0) is 29.4. The average Bonchev–Trinajstić information content (AvgIpc) is 2.92. The maximum Gasteiger partial charge on any atom is 0.264 e. The van der Waals surface area contributed by atoms with Gasteiger partial charge < -0.3 is 10.2 Å². The molecule has 40 heavy (non-hydrogen) atoms. The number of halogens is 2. The van der Waals surface area contributed by atoms with Crippen LogP contribution in [0.4, 0.5) is 5.69 Å². The van der Waals surface area contributed by atoms with Crippen molar-refractivity contribution in [2.75, 3.05) is 10.8 Å². The molecule has 2 atom stereocenters. The van der Waals surface area contributed by atoms with Gasteiger partial charge in [-0.15, -0.1) is 0 Å². The first-order valence-corrected chi connectivity index (χ1v) is 15.4. The van der Waals surface area contributed by atoms with E-state index in [0.29, 0.717) is 6.42 Å². The molecule has 0 aliphatic heterocycles. The Morgan fingerprint density at radius 2 is 1.50 bits per heavy atom. The summed E-state index contributed by atoms with van der Waals surface area (Å²) in [4.78, 5) is 28.9. The molecule has 7 nitrogen and oxygen atoms in total. The number of carbonyl (C=O) groups excluding carboxylic acids is 2. The first-order valence-electron chi connectivity index (χ1n) is 13.2. The van der Waals surface area contributed by atoms with Crippen molar-refractivity contribution in [3.63, 3.8) is 0 Å². The van der Waals surface area contributed by atoms with Crippen molar-refractivity contribution in [2.45, 2.75) is 64.1 Å². The van der Waals surface area contributed by atoms with Crippen LogP contribution >= 0.6 is 23.2 Å². The molecule has 0 unspecified atom stereocenters. The second-order valence-corrected chi connectivity index (χ2v) is 12.4. The smallest absolute Gasteiger partial charge is 0.264 e. The van der Waals surface area contributed by atoms with E-state index in [1.807, 2.05) is 52.0 Å². The van der Waals surface area contributed by atoms with Gasteiger partial charge >= 0.3 is 0 Å². The van der Waals surface area contributed by atoms with E-state index in [9.17, 15) is 18.0 Å². The van der Waals surface area contributed by atoms with Crippen LogP contribution in [-0.4, -0.2) is 43.8 Å². The molecular weight excluding hydrogens is 569 g/mol. The zero-order valence-corrected chi connectivity index (χ0v) is 25.4. The van der Waals surface area contributed by atoms with Crippen molar-refractivity contribution >= 4 is 50.7 Å². The van der Waals surface area contributed by atoms with Gasteiger partial charge in [0.25, 0.3) is 10.0 Å². The van der Waals surface area contributed by atoms with Gasteiger partial charge in [-0.05, 0) is 68.1 Å². The standard InChI is InChI=1S/C30H35Cl2N3O4S/c1-5-22(4)33-30(37)28(6-2)34(19-23-13-11-10-12-21(23)3)29(36)20-35(26-17-24(31)16-25(32)18-26)40(38,39)27-14-8-7-9-15-27/h7-18,22,28H,5-6,19-20H2,1-4H3,(H,33,37)/t22-,28+/m1/s1. The van der Waals surface area contributed by atoms with Crippen LogP contribution in [0.1, 0.15) is 44.7 Å². The van der Waals surface area contributed by atoms with Gasteiger partial charge in [-0.1, -0.05) is 79.5 Å². The highest BCUT2D eigenvalue weighted by molar-refractivity contribution is 7.92. The molecule has 0 fully saturated rings. The van der Waals surface area contributed by atoms with Crippen LogP contribution in [-0.2, 0) is 26.2 Å². The van der Waals surface area contributed by atoms with Gasteiger partial charge in [-0.2, -0.15) is 0 Å². The molecule has 3 aromatic carbocycles. The largest absolute Gasteiger partial charge is 0.352 e. The monoisotopic (exact) mass is 603 g/mol. The lowest BCUT2D eigenvalue weighted by Gasteiger charge is -2.34. The third kappa shape index (κ3) is 7.77. The normalized spacial score (nSPS) is 12.8. The van der Waals surface area contributed by atoms with Gasteiger partial charge in [0.1, 0.15) is 12.6 Å². The fraction of sp³-hybridized carbons (Fsp3) is 0.333. The van der Waals surface area contributed by atoms with Crippen LogP contribution < -0.4 is 9.62 Å². The van der Waals surface area contributed by atoms with E-state index in [2.05, 4.69) is 5.32 Å². The van der Waals surface area contributed by atoms with Crippen LogP contribution in [0.2, 0.25) is 10.0 Å². The maximum atomic E-state index is 14.1. The van der Waals surface area contributed by atoms with Crippen LogP contribution in [0.3, 0.4) is 0 Å². The topological polar surface area (TPSA) is 86.8 Å².